The van der Waals surface area contributed by atoms with Crippen LogP contribution in [0.1, 0.15) is 21.5 Å². The highest BCUT2D eigenvalue weighted by Crippen LogP contribution is 2.23. The molecule has 2 aromatic heterocycles. The molecular weight excluding hydrogens is 404 g/mol. The summed E-state index contributed by atoms with van der Waals surface area (Å²) in [5.74, 6) is 0.253. The van der Waals surface area contributed by atoms with Crippen LogP contribution >= 0.6 is 11.6 Å². The number of halogens is 1. The molecule has 0 saturated carbocycles. The van der Waals surface area contributed by atoms with Crippen molar-refractivity contribution in [2.75, 3.05) is 0 Å². The minimum Gasteiger partial charge on any atom is -0.443 e. The fraction of sp³-hybridized carbons (Fsp3) is 0.0435. The van der Waals surface area contributed by atoms with Crippen LogP contribution in [0.4, 0.5) is 0 Å². The maximum absolute atomic E-state index is 12.6. The fourth-order valence-corrected chi connectivity index (χ4v) is 3.13. The van der Waals surface area contributed by atoms with Gasteiger partial charge in [0.15, 0.2) is 16.8 Å². The average Bonchev–Trinajstić information content (AvgIpc) is 3.38. The van der Waals surface area contributed by atoms with Crippen LogP contribution in [0.3, 0.4) is 0 Å². The van der Waals surface area contributed by atoms with Crippen molar-refractivity contribution in [2.45, 2.75) is 6.61 Å². The first-order chi connectivity index (χ1) is 14.5. The van der Waals surface area contributed by atoms with Crippen molar-refractivity contribution in [3.8, 4) is 17.1 Å². The largest absolute Gasteiger partial charge is 0.443 e. The standard InChI is InChI=1S/C23H17ClN2O4/c24-22-11-10-21(30-22)19-13-26(23(29)25-19)18-3-1-2-17(12-18)20(28)9-8-15-4-6-16(14-27)7-5-15/h1-13,27H,14H2,(H,25,29)/b9-8+. The highest BCUT2D eigenvalue weighted by Gasteiger charge is 2.11. The minimum atomic E-state index is -0.360. The lowest BCUT2D eigenvalue weighted by Crippen LogP contribution is -2.14. The highest BCUT2D eigenvalue weighted by atomic mass is 35.5. The molecule has 7 heteroatoms. The summed E-state index contributed by atoms with van der Waals surface area (Å²) in [6, 6.07) is 17.3. The summed E-state index contributed by atoms with van der Waals surface area (Å²) in [5, 5.41) is 9.32. The van der Waals surface area contributed by atoms with Crippen LogP contribution in [0.25, 0.3) is 23.2 Å². The number of nitrogens with zero attached hydrogens (tertiary/aromatic N) is 1. The Kier molecular flexibility index (Phi) is 5.52. The second-order valence-electron chi connectivity index (χ2n) is 6.59. The van der Waals surface area contributed by atoms with Crippen molar-refractivity contribution < 1.29 is 14.3 Å². The summed E-state index contributed by atoms with van der Waals surface area (Å²) in [7, 11) is 0. The maximum atomic E-state index is 12.6. The van der Waals surface area contributed by atoms with Crippen molar-refractivity contribution >= 4 is 23.5 Å². The number of aliphatic hydroxyl groups is 1. The molecule has 0 amide bonds. The maximum Gasteiger partial charge on any atom is 0.330 e. The lowest BCUT2D eigenvalue weighted by molar-refractivity contribution is 0.104. The van der Waals surface area contributed by atoms with Crippen molar-refractivity contribution in [1.29, 1.82) is 0 Å². The Morgan fingerprint density at radius 2 is 1.93 bits per heavy atom. The molecular formula is C23H17ClN2O4. The van der Waals surface area contributed by atoms with Crippen LogP contribution in [0.2, 0.25) is 5.22 Å². The van der Waals surface area contributed by atoms with Gasteiger partial charge < -0.3 is 14.5 Å². The number of ketones is 1. The normalized spacial score (nSPS) is 11.3. The summed E-state index contributed by atoms with van der Waals surface area (Å²) in [4.78, 5) is 27.7. The van der Waals surface area contributed by atoms with Gasteiger partial charge in [-0.25, -0.2) is 4.79 Å². The van der Waals surface area contributed by atoms with Crippen LogP contribution in [0, 0.1) is 0 Å². The van der Waals surface area contributed by atoms with E-state index in [-0.39, 0.29) is 23.3 Å². The Bertz CT molecular complexity index is 1280. The first-order valence-electron chi connectivity index (χ1n) is 9.13. The number of hydrogen-bond acceptors (Lipinski definition) is 4. The zero-order valence-electron chi connectivity index (χ0n) is 15.7. The highest BCUT2D eigenvalue weighted by molar-refractivity contribution is 6.28. The number of nitrogens with one attached hydrogen (secondary N) is 1. The molecule has 2 N–H and O–H groups in total. The summed E-state index contributed by atoms with van der Waals surface area (Å²) >= 11 is 5.80. The summed E-state index contributed by atoms with van der Waals surface area (Å²) in [5.41, 5.74) is 2.77. The molecule has 0 spiro atoms. The molecule has 0 aliphatic carbocycles. The van der Waals surface area contributed by atoms with Crippen LogP contribution in [-0.2, 0) is 6.61 Å². The molecule has 4 aromatic rings. The number of furan rings is 1. The number of H-pyrrole nitrogens is 1. The third-order valence-electron chi connectivity index (χ3n) is 4.56. The lowest BCUT2D eigenvalue weighted by atomic mass is 10.1. The van der Waals surface area contributed by atoms with Crippen LogP contribution < -0.4 is 5.69 Å². The van der Waals surface area contributed by atoms with Gasteiger partial charge in [-0.1, -0.05) is 42.5 Å². The van der Waals surface area contributed by atoms with Gasteiger partial charge in [-0.2, -0.15) is 0 Å². The van der Waals surface area contributed by atoms with E-state index < -0.39 is 0 Å². The average molecular weight is 421 g/mol. The Morgan fingerprint density at radius 3 is 2.63 bits per heavy atom. The van der Waals surface area contributed by atoms with Gasteiger partial charge in [0.05, 0.1) is 12.3 Å². The minimum absolute atomic E-state index is 0.0249. The number of allylic oxidation sites excluding steroid dienone is 1. The van der Waals surface area contributed by atoms with Gasteiger partial charge in [0, 0.05) is 11.8 Å². The Labute approximate surface area is 176 Å². The topological polar surface area (TPSA) is 88.2 Å². The van der Waals surface area contributed by atoms with E-state index in [1.54, 1.807) is 60.8 Å². The van der Waals surface area contributed by atoms with Gasteiger partial charge in [-0.3, -0.25) is 9.36 Å². The van der Waals surface area contributed by atoms with E-state index in [0.717, 1.165) is 11.1 Å². The smallest absolute Gasteiger partial charge is 0.330 e. The van der Waals surface area contributed by atoms with Crippen molar-refractivity contribution in [1.82, 2.24) is 9.55 Å². The molecule has 30 heavy (non-hydrogen) atoms. The number of aliphatic hydroxyl groups excluding tert-OH is 1. The Hall–Kier alpha value is -3.61. The number of benzene rings is 2. The number of aromatic amines is 1. The molecule has 150 valence electrons. The molecule has 0 aliphatic rings. The van der Waals surface area contributed by atoms with E-state index in [2.05, 4.69) is 4.98 Å². The molecule has 6 nitrogen and oxygen atoms in total. The van der Waals surface area contributed by atoms with Crippen LogP contribution in [0.5, 0.6) is 0 Å². The van der Waals surface area contributed by atoms with Gasteiger partial charge in [-0.05, 0) is 53.1 Å². The van der Waals surface area contributed by atoms with Gasteiger partial charge in [0.2, 0.25) is 0 Å². The van der Waals surface area contributed by atoms with Gasteiger partial charge in [-0.15, -0.1) is 0 Å². The number of imidazole rings is 1. The molecule has 0 bridgehead atoms. The second-order valence-corrected chi connectivity index (χ2v) is 6.97. The van der Waals surface area contributed by atoms with Gasteiger partial charge >= 0.3 is 5.69 Å². The van der Waals surface area contributed by atoms with Crippen molar-refractivity contribution in [3.63, 3.8) is 0 Å². The Morgan fingerprint density at radius 1 is 1.13 bits per heavy atom. The van der Waals surface area contributed by atoms with Crippen LogP contribution in [0.15, 0.2) is 82.1 Å². The first-order valence-corrected chi connectivity index (χ1v) is 9.51. The number of aromatic nitrogens is 2. The lowest BCUT2D eigenvalue weighted by Gasteiger charge is -2.03. The molecule has 2 aromatic carbocycles. The monoisotopic (exact) mass is 420 g/mol. The van der Waals surface area contributed by atoms with E-state index in [9.17, 15) is 9.59 Å². The van der Waals surface area contributed by atoms with E-state index in [4.69, 9.17) is 21.1 Å². The quantitative estimate of drug-likeness (QED) is 0.356. The SMILES string of the molecule is O=C(/C=C/c1ccc(CO)cc1)c1cccc(-n2cc(-c3ccc(Cl)o3)[nH]c2=O)c1. The number of rotatable bonds is 6. The number of carbonyl (C=O) groups excluding carboxylic acids is 1. The zero-order chi connectivity index (χ0) is 21.1. The predicted molar refractivity (Wildman–Crippen MR) is 115 cm³/mol. The van der Waals surface area contributed by atoms with E-state index in [1.165, 1.54) is 10.6 Å². The van der Waals surface area contributed by atoms with Gasteiger partial charge in [0.1, 0.15) is 5.69 Å². The Balaban J connectivity index is 1.58. The first kappa shape index (κ1) is 19.7. The second kappa shape index (κ2) is 8.41. The molecule has 0 saturated heterocycles. The van der Waals surface area contributed by atoms with Crippen molar-refractivity contribution in [2.24, 2.45) is 0 Å². The summed E-state index contributed by atoms with van der Waals surface area (Å²) < 4.78 is 6.73. The molecule has 0 atom stereocenters. The number of hydrogen-bond donors (Lipinski definition) is 2. The third-order valence-corrected chi connectivity index (χ3v) is 4.76. The van der Waals surface area contributed by atoms with Crippen molar-refractivity contribution in [3.05, 3.63) is 105 Å². The summed E-state index contributed by atoms with van der Waals surface area (Å²) in [6.07, 6.45) is 4.78. The predicted octanol–water partition coefficient (Wildman–Crippen LogP) is 4.47. The molecule has 4 rings (SSSR count). The van der Waals surface area contributed by atoms with Gasteiger partial charge in [0.25, 0.3) is 0 Å². The van der Waals surface area contributed by atoms with Crippen LogP contribution in [-0.4, -0.2) is 20.4 Å². The molecule has 0 radical (unpaired) electrons. The molecule has 0 unspecified atom stereocenters. The zero-order valence-corrected chi connectivity index (χ0v) is 16.5. The van der Waals surface area contributed by atoms with E-state index in [1.807, 2.05) is 12.1 Å². The fourth-order valence-electron chi connectivity index (χ4n) is 2.98. The molecule has 2 heterocycles. The molecule has 0 aliphatic heterocycles. The molecule has 0 fully saturated rings. The van der Waals surface area contributed by atoms with E-state index in [0.29, 0.717) is 22.7 Å². The number of carbonyl (C=O) groups is 1. The third kappa shape index (κ3) is 4.20. The van der Waals surface area contributed by atoms with E-state index >= 15 is 0 Å². The summed E-state index contributed by atoms with van der Waals surface area (Å²) in [6.45, 7) is -0.0249.